The lowest BCUT2D eigenvalue weighted by Crippen LogP contribution is -2.40. The van der Waals surface area contributed by atoms with Crippen molar-refractivity contribution in [3.63, 3.8) is 0 Å². The predicted octanol–water partition coefficient (Wildman–Crippen LogP) is 1.93. The molecular formula is C18H24N4O6S. The first kappa shape index (κ1) is 21.1. The highest BCUT2D eigenvalue weighted by Gasteiger charge is 2.35. The third-order valence-corrected chi connectivity index (χ3v) is 5.10. The second kappa shape index (κ2) is 8.78. The van der Waals surface area contributed by atoms with E-state index in [1.807, 2.05) is 13.8 Å². The Labute approximate surface area is 171 Å². The number of H-pyrrole nitrogens is 1. The molecular weight excluding hydrogens is 400 g/mol. The van der Waals surface area contributed by atoms with Crippen molar-refractivity contribution in [2.24, 2.45) is 0 Å². The number of fused-ring (bicyclic) bond motifs is 1. The number of carboxylic acid groups (broad SMARTS) is 1. The van der Waals surface area contributed by atoms with E-state index in [9.17, 15) is 19.5 Å². The van der Waals surface area contributed by atoms with Gasteiger partial charge in [0.2, 0.25) is 0 Å². The van der Waals surface area contributed by atoms with E-state index < -0.39 is 23.7 Å². The van der Waals surface area contributed by atoms with Gasteiger partial charge in [-0.3, -0.25) is 14.7 Å². The Bertz CT molecular complexity index is 1020. The molecule has 1 unspecified atom stereocenters. The van der Waals surface area contributed by atoms with Crippen molar-refractivity contribution in [1.29, 1.82) is 0 Å². The van der Waals surface area contributed by atoms with Crippen LogP contribution in [0.5, 0.6) is 0 Å². The highest BCUT2D eigenvalue weighted by molar-refractivity contribution is 7.71. The molecule has 0 bridgehead atoms. The van der Waals surface area contributed by atoms with Gasteiger partial charge in [-0.15, -0.1) is 0 Å². The summed E-state index contributed by atoms with van der Waals surface area (Å²) in [6.45, 7) is 4.87. The molecule has 0 radical (unpaired) electrons. The average molecular weight is 424 g/mol. The maximum atomic E-state index is 12.4. The van der Waals surface area contributed by atoms with Crippen molar-refractivity contribution < 1.29 is 24.2 Å². The predicted molar refractivity (Wildman–Crippen MR) is 106 cm³/mol. The summed E-state index contributed by atoms with van der Waals surface area (Å²) in [6.07, 6.45) is 1.99. The van der Waals surface area contributed by atoms with Gasteiger partial charge in [-0.25, -0.2) is 9.59 Å². The van der Waals surface area contributed by atoms with Crippen LogP contribution in [0.4, 0.5) is 4.79 Å². The Kier molecular flexibility index (Phi) is 6.38. The summed E-state index contributed by atoms with van der Waals surface area (Å²) in [5.74, 6) is -1.05. The third kappa shape index (κ3) is 4.51. The summed E-state index contributed by atoms with van der Waals surface area (Å²) < 4.78 is 14.4. The van der Waals surface area contributed by atoms with Crippen LogP contribution in [0.3, 0.4) is 0 Å². The molecule has 2 N–H and O–H groups in total. The van der Waals surface area contributed by atoms with Crippen molar-refractivity contribution in [3.8, 4) is 0 Å². The highest BCUT2D eigenvalue weighted by Crippen LogP contribution is 2.19. The lowest BCUT2D eigenvalue weighted by atomic mass is 10.2. The van der Waals surface area contributed by atoms with Gasteiger partial charge in [-0.2, -0.15) is 0 Å². The zero-order valence-corrected chi connectivity index (χ0v) is 17.1. The molecule has 29 heavy (non-hydrogen) atoms. The lowest BCUT2D eigenvalue weighted by Gasteiger charge is -2.21. The summed E-state index contributed by atoms with van der Waals surface area (Å²) in [5, 5.41) is 9.20. The van der Waals surface area contributed by atoms with E-state index in [0.717, 1.165) is 0 Å². The van der Waals surface area contributed by atoms with E-state index in [2.05, 4.69) is 4.98 Å². The molecule has 1 saturated heterocycles. The van der Waals surface area contributed by atoms with E-state index >= 15 is 0 Å². The van der Waals surface area contributed by atoms with Crippen LogP contribution in [0.1, 0.15) is 26.7 Å². The number of amides is 1. The first-order chi connectivity index (χ1) is 13.8. The van der Waals surface area contributed by atoms with Crippen LogP contribution in [-0.4, -0.2) is 61.5 Å². The zero-order valence-electron chi connectivity index (χ0n) is 16.3. The van der Waals surface area contributed by atoms with Gasteiger partial charge >= 0.3 is 12.1 Å². The SMILES string of the molecule is CC(C)OCCn1c(=S)[nH]c(=O)c2c1ccn2COC(=O)N1CCCC1C(=O)O. The van der Waals surface area contributed by atoms with Crippen molar-refractivity contribution in [1.82, 2.24) is 19.0 Å². The van der Waals surface area contributed by atoms with Gasteiger partial charge in [0.25, 0.3) is 5.56 Å². The number of aromatic amines is 1. The summed E-state index contributed by atoms with van der Waals surface area (Å²) in [6, 6.07) is 0.845. The Morgan fingerprint density at radius 3 is 2.86 bits per heavy atom. The fourth-order valence-corrected chi connectivity index (χ4v) is 3.70. The highest BCUT2D eigenvalue weighted by atomic mass is 32.1. The number of ether oxygens (including phenoxy) is 2. The molecule has 11 heteroatoms. The molecule has 0 saturated carbocycles. The average Bonchev–Trinajstić information content (AvgIpc) is 3.29. The normalized spacial score (nSPS) is 16.7. The van der Waals surface area contributed by atoms with Gasteiger partial charge in [-0.05, 0) is 45.0 Å². The van der Waals surface area contributed by atoms with Gasteiger partial charge in [0.05, 0.1) is 18.2 Å². The van der Waals surface area contributed by atoms with Crippen LogP contribution in [-0.2, 0) is 27.5 Å². The van der Waals surface area contributed by atoms with Crippen molar-refractivity contribution in [2.45, 2.75) is 52.1 Å². The number of rotatable bonds is 7. The van der Waals surface area contributed by atoms with Gasteiger partial charge in [0.1, 0.15) is 11.6 Å². The summed E-state index contributed by atoms with van der Waals surface area (Å²) >= 11 is 5.27. The molecule has 2 aromatic heterocycles. The quantitative estimate of drug-likeness (QED) is 0.652. The topological polar surface area (TPSA) is 119 Å². The van der Waals surface area contributed by atoms with Crippen LogP contribution in [0.25, 0.3) is 11.0 Å². The number of aromatic nitrogens is 3. The molecule has 1 fully saturated rings. The summed E-state index contributed by atoms with van der Waals surface area (Å²) in [4.78, 5) is 39.8. The van der Waals surface area contributed by atoms with Gasteiger partial charge in [-0.1, -0.05) is 0 Å². The molecule has 2 aromatic rings. The second-order valence-corrected chi connectivity index (χ2v) is 7.47. The van der Waals surface area contributed by atoms with E-state index in [1.54, 1.807) is 16.8 Å². The number of nitrogens with zero attached hydrogens (tertiary/aromatic N) is 3. The lowest BCUT2D eigenvalue weighted by molar-refractivity contribution is -0.141. The fourth-order valence-electron chi connectivity index (χ4n) is 3.42. The zero-order chi connectivity index (χ0) is 21.1. The van der Waals surface area contributed by atoms with Crippen molar-refractivity contribution in [2.75, 3.05) is 13.2 Å². The Balaban J connectivity index is 1.78. The molecule has 0 aromatic carbocycles. The standard InChI is InChI=1S/C18H24N4O6S/c1-11(2)27-9-8-21-12-5-7-20(14(12)15(23)19-17(21)29)10-28-18(26)22-6-3-4-13(22)16(24)25/h5,7,11,13H,3-4,6,8-10H2,1-2H3,(H,24,25)(H,19,23,29). The molecule has 10 nitrogen and oxygen atoms in total. The third-order valence-electron chi connectivity index (χ3n) is 4.78. The number of likely N-dealkylation sites (tertiary alicyclic amines) is 1. The molecule has 0 aliphatic carbocycles. The van der Waals surface area contributed by atoms with Crippen LogP contribution in [0, 0.1) is 4.77 Å². The molecule has 1 atom stereocenters. The molecule has 158 valence electrons. The maximum absolute atomic E-state index is 12.4. The van der Waals surface area contributed by atoms with Crippen LogP contribution in [0.2, 0.25) is 0 Å². The number of carboxylic acids is 1. The minimum atomic E-state index is -1.05. The molecule has 0 spiro atoms. The number of carbonyl (C=O) groups excluding carboxylic acids is 1. The van der Waals surface area contributed by atoms with Gasteiger partial charge < -0.3 is 23.7 Å². The smallest absolute Gasteiger partial charge is 0.412 e. The number of carbonyl (C=O) groups is 2. The van der Waals surface area contributed by atoms with Crippen molar-refractivity contribution >= 4 is 35.3 Å². The van der Waals surface area contributed by atoms with Gasteiger partial charge in [0, 0.05) is 19.3 Å². The maximum Gasteiger partial charge on any atom is 0.412 e. The number of hydrogen-bond acceptors (Lipinski definition) is 6. The van der Waals surface area contributed by atoms with E-state index in [1.165, 1.54) is 9.47 Å². The second-order valence-electron chi connectivity index (χ2n) is 7.08. The monoisotopic (exact) mass is 424 g/mol. The minimum absolute atomic E-state index is 0.0756. The molecule has 3 heterocycles. The first-order valence-electron chi connectivity index (χ1n) is 9.39. The van der Waals surface area contributed by atoms with Crippen LogP contribution < -0.4 is 5.56 Å². The summed E-state index contributed by atoms with van der Waals surface area (Å²) in [5.41, 5.74) is 0.524. The Morgan fingerprint density at radius 2 is 2.17 bits per heavy atom. The van der Waals surface area contributed by atoms with Crippen LogP contribution in [0.15, 0.2) is 17.1 Å². The molecule has 1 aliphatic rings. The number of hydrogen-bond donors (Lipinski definition) is 2. The number of nitrogens with one attached hydrogen (secondary N) is 1. The molecule has 1 amide bonds. The summed E-state index contributed by atoms with van der Waals surface area (Å²) in [7, 11) is 0. The van der Waals surface area contributed by atoms with Crippen LogP contribution >= 0.6 is 12.2 Å². The minimum Gasteiger partial charge on any atom is -0.480 e. The van der Waals surface area contributed by atoms with Crippen molar-refractivity contribution in [3.05, 3.63) is 27.4 Å². The van der Waals surface area contributed by atoms with E-state index in [-0.39, 0.29) is 17.6 Å². The van der Waals surface area contributed by atoms with E-state index in [4.69, 9.17) is 21.7 Å². The molecule has 1 aliphatic heterocycles. The Morgan fingerprint density at radius 1 is 1.41 bits per heavy atom. The first-order valence-corrected chi connectivity index (χ1v) is 9.80. The number of aliphatic carboxylic acids is 1. The van der Waals surface area contributed by atoms with E-state index in [0.29, 0.717) is 43.6 Å². The largest absolute Gasteiger partial charge is 0.480 e. The Hall–Kier alpha value is -2.66. The molecule has 3 rings (SSSR count). The van der Waals surface area contributed by atoms with Gasteiger partial charge in [0.15, 0.2) is 11.5 Å². The fraction of sp³-hybridized carbons (Fsp3) is 0.556.